The third-order valence-electron chi connectivity index (χ3n) is 4.25. The van der Waals surface area contributed by atoms with E-state index in [4.69, 9.17) is 4.74 Å². The SMILES string of the molecule is CCc1ccc(OCc2nc(SCC(=O)Nc3ccc([N+](=O)[O-])cc3C)n[nH]2)cc1. The van der Waals surface area contributed by atoms with Gasteiger partial charge in [0.05, 0.1) is 10.7 Å². The van der Waals surface area contributed by atoms with E-state index in [9.17, 15) is 14.9 Å². The number of aromatic nitrogens is 3. The van der Waals surface area contributed by atoms with Gasteiger partial charge in [0.25, 0.3) is 5.69 Å². The van der Waals surface area contributed by atoms with Crippen LogP contribution in [0.15, 0.2) is 47.6 Å². The van der Waals surface area contributed by atoms with Crippen molar-refractivity contribution in [2.75, 3.05) is 11.1 Å². The van der Waals surface area contributed by atoms with E-state index in [1.54, 1.807) is 6.92 Å². The number of aryl methyl sites for hydroxylation is 2. The Balaban J connectivity index is 1.47. The van der Waals surface area contributed by atoms with Gasteiger partial charge in [0.2, 0.25) is 11.1 Å². The Morgan fingerprint density at radius 2 is 2.03 bits per heavy atom. The van der Waals surface area contributed by atoms with Crippen LogP contribution in [0.5, 0.6) is 5.75 Å². The van der Waals surface area contributed by atoms with Crippen LogP contribution >= 0.6 is 11.8 Å². The first kappa shape index (κ1) is 21.3. The molecule has 3 rings (SSSR count). The molecule has 0 saturated heterocycles. The smallest absolute Gasteiger partial charge is 0.269 e. The molecule has 0 aliphatic heterocycles. The number of anilines is 1. The van der Waals surface area contributed by atoms with Gasteiger partial charge < -0.3 is 10.1 Å². The van der Waals surface area contributed by atoms with E-state index in [0.717, 1.165) is 12.2 Å². The monoisotopic (exact) mass is 427 g/mol. The zero-order valence-electron chi connectivity index (χ0n) is 16.5. The van der Waals surface area contributed by atoms with Crippen LogP contribution in [-0.2, 0) is 17.8 Å². The topological polar surface area (TPSA) is 123 Å². The van der Waals surface area contributed by atoms with Gasteiger partial charge in [-0.25, -0.2) is 4.98 Å². The number of non-ortho nitro benzene ring substituents is 1. The summed E-state index contributed by atoms with van der Waals surface area (Å²) in [5.41, 5.74) is 2.37. The first-order chi connectivity index (χ1) is 14.4. The van der Waals surface area contributed by atoms with Gasteiger partial charge in [-0.1, -0.05) is 30.8 Å². The molecule has 9 nitrogen and oxygen atoms in total. The molecule has 0 unspecified atom stereocenters. The minimum Gasteiger partial charge on any atom is -0.486 e. The first-order valence-corrected chi connectivity index (χ1v) is 10.2. The predicted octanol–water partition coefficient (Wildman–Crippen LogP) is 3.89. The van der Waals surface area contributed by atoms with E-state index >= 15 is 0 Å². The van der Waals surface area contributed by atoms with Gasteiger partial charge in [-0.05, 0) is 42.7 Å². The number of rotatable bonds is 9. The number of ether oxygens (including phenoxy) is 1. The van der Waals surface area contributed by atoms with Gasteiger partial charge >= 0.3 is 0 Å². The molecule has 156 valence electrons. The summed E-state index contributed by atoms with van der Waals surface area (Å²) in [6.45, 7) is 4.04. The van der Waals surface area contributed by atoms with Crippen LogP contribution in [0.1, 0.15) is 23.9 Å². The molecule has 2 N–H and O–H groups in total. The highest BCUT2D eigenvalue weighted by Crippen LogP contribution is 2.22. The Kier molecular flexibility index (Phi) is 7.02. The first-order valence-electron chi connectivity index (χ1n) is 9.25. The maximum atomic E-state index is 12.2. The van der Waals surface area contributed by atoms with Crippen LogP contribution in [0.2, 0.25) is 0 Å². The number of aromatic amines is 1. The standard InChI is InChI=1S/C20H21N5O4S/c1-3-14-4-7-16(8-5-14)29-11-18-22-20(24-23-18)30-12-19(26)21-17-9-6-15(25(27)28)10-13(17)2/h4-10H,3,11-12H2,1-2H3,(H,21,26)(H,22,23,24). The fraction of sp³-hybridized carbons (Fsp3) is 0.250. The van der Waals surface area contributed by atoms with Crippen molar-refractivity contribution >= 4 is 29.0 Å². The Morgan fingerprint density at radius 3 is 2.70 bits per heavy atom. The van der Waals surface area contributed by atoms with Gasteiger partial charge in [-0.3, -0.25) is 20.0 Å². The molecule has 1 amide bonds. The molecule has 0 atom stereocenters. The maximum absolute atomic E-state index is 12.2. The third-order valence-corrected chi connectivity index (χ3v) is 5.09. The summed E-state index contributed by atoms with van der Waals surface area (Å²) in [5, 5.41) is 20.8. The summed E-state index contributed by atoms with van der Waals surface area (Å²) in [5.74, 6) is 1.16. The normalized spacial score (nSPS) is 10.6. The third kappa shape index (κ3) is 5.80. The molecule has 30 heavy (non-hydrogen) atoms. The van der Waals surface area contributed by atoms with Crippen molar-refractivity contribution in [1.82, 2.24) is 15.2 Å². The van der Waals surface area contributed by atoms with Crippen LogP contribution in [0.3, 0.4) is 0 Å². The number of nitro benzene ring substituents is 1. The molecule has 0 aliphatic rings. The van der Waals surface area contributed by atoms with Crippen molar-refractivity contribution in [2.45, 2.75) is 32.0 Å². The van der Waals surface area contributed by atoms with Crippen molar-refractivity contribution in [3.8, 4) is 5.75 Å². The Bertz CT molecular complexity index is 1040. The molecule has 0 bridgehead atoms. The van der Waals surface area contributed by atoms with Crippen molar-refractivity contribution in [1.29, 1.82) is 0 Å². The zero-order chi connectivity index (χ0) is 21.5. The van der Waals surface area contributed by atoms with E-state index in [2.05, 4.69) is 27.4 Å². The molecule has 0 spiro atoms. The molecule has 0 radical (unpaired) electrons. The molecule has 1 heterocycles. The minimum atomic E-state index is -0.473. The van der Waals surface area contributed by atoms with Crippen LogP contribution in [0.4, 0.5) is 11.4 Å². The van der Waals surface area contributed by atoms with E-state index in [-0.39, 0.29) is 24.0 Å². The number of nitrogens with one attached hydrogen (secondary N) is 2. The molecular weight excluding hydrogens is 406 g/mol. The quantitative estimate of drug-likeness (QED) is 0.302. The molecule has 10 heteroatoms. The van der Waals surface area contributed by atoms with Crippen LogP contribution in [0, 0.1) is 17.0 Å². The Labute approximate surface area is 177 Å². The van der Waals surface area contributed by atoms with Gasteiger partial charge in [0.1, 0.15) is 12.4 Å². The lowest BCUT2D eigenvalue weighted by Crippen LogP contribution is -2.15. The average molecular weight is 427 g/mol. The molecule has 1 aromatic heterocycles. The molecule has 3 aromatic rings. The summed E-state index contributed by atoms with van der Waals surface area (Å²) in [4.78, 5) is 26.8. The number of hydrogen-bond donors (Lipinski definition) is 2. The highest BCUT2D eigenvalue weighted by molar-refractivity contribution is 7.99. The lowest BCUT2D eigenvalue weighted by Gasteiger charge is -2.07. The molecule has 0 fully saturated rings. The molecular formula is C20H21N5O4S. The van der Waals surface area contributed by atoms with E-state index in [1.165, 1.54) is 35.5 Å². The van der Waals surface area contributed by atoms with Gasteiger partial charge in [-0.2, -0.15) is 0 Å². The molecule has 0 saturated carbocycles. The molecule has 2 aromatic carbocycles. The minimum absolute atomic E-state index is 0.0170. The number of amides is 1. The van der Waals surface area contributed by atoms with Crippen molar-refractivity contribution in [2.24, 2.45) is 0 Å². The number of carbonyl (C=O) groups excluding carboxylic acids is 1. The van der Waals surface area contributed by atoms with Crippen LogP contribution in [-0.4, -0.2) is 31.8 Å². The van der Waals surface area contributed by atoms with Gasteiger partial charge in [-0.15, -0.1) is 5.10 Å². The second kappa shape index (κ2) is 9.88. The molecule has 0 aliphatic carbocycles. The van der Waals surface area contributed by atoms with Crippen molar-refractivity contribution in [3.63, 3.8) is 0 Å². The van der Waals surface area contributed by atoms with Crippen LogP contribution in [0.25, 0.3) is 0 Å². The van der Waals surface area contributed by atoms with Gasteiger partial charge in [0.15, 0.2) is 5.82 Å². The number of nitrogens with zero attached hydrogens (tertiary/aromatic N) is 3. The fourth-order valence-corrected chi connectivity index (χ4v) is 3.22. The number of nitro groups is 1. The largest absolute Gasteiger partial charge is 0.486 e. The summed E-state index contributed by atoms with van der Waals surface area (Å²) in [6, 6.07) is 12.1. The van der Waals surface area contributed by atoms with E-state index in [1.807, 2.05) is 24.3 Å². The average Bonchev–Trinajstić information content (AvgIpc) is 3.20. The second-order valence-electron chi connectivity index (χ2n) is 6.44. The van der Waals surface area contributed by atoms with Gasteiger partial charge in [0, 0.05) is 17.8 Å². The fourth-order valence-electron chi connectivity index (χ4n) is 2.60. The Morgan fingerprint density at radius 1 is 1.27 bits per heavy atom. The highest BCUT2D eigenvalue weighted by Gasteiger charge is 2.12. The number of hydrogen-bond acceptors (Lipinski definition) is 7. The highest BCUT2D eigenvalue weighted by atomic mass is 32.2. The lowest BCUT2D eigenvalue weighted by atomic mass is 10.2. The lowest BCUT2D eigenvalue weighted by molar-refractivity contribution is -0.384. The summed E-state index contributed by atoms with van der Waals surface area (Å²) in [7, 11) is 0. The number of carbonyl (C=O) groups is 1. The van der Waals surface area contributed by atoms with E-state index < -0.39 is 4.92 Å². The maximum Gasteiger partial charge on any atom is 0.269 e. The second-order valence-corrected chi connectivity index (χ2v) is 7.39. The van der Waals surface area contributed by atoms with Crippen LogP contribution < -0.4 is 10.1 Å². The number of benzene rings is 2. The number of H-pyrrole nitrogens is 1. The van der Waals surface area contributed by atoms with Crippen molar-refractivity contribution in [3.05, 3.63) is 69.5 Å². The number of thioether (sulfide) groups is 1. The Hall–Kier alpha value is -3.40. The zero-order valence-corrected chi connectivity index (χ0v) is 17.4. The summed E-state index contributed by atoms with van der Waals surface area (Å²) < 4.78 is 5.68. The summed E-state index contributed by atoms with van der Waals surface area (Å²) in [6.07, 6.45) is 0.973. The van der Waals surface area contributed by atoms with E-state index in [0.29, 0.717) is 22.2 Å². The van der Waals surface area contributed by atoms with Crippen molar-refractivity contribution < 1.29 is 14.5 Å². The summed E-state index contributed by atoms with van der Waals surface area (Å²) >= 11 is 1.18. The predicted molar refractivity (Wildman–Crippen MR) is 114 cm³/mol.